The largest absolute Gasteiger partial charge is 0.393 e. The number of rotatable bonds is 6. The number of likely N-dealkylation sites (N-methyl/N-ethyl adjacent to an activating group) is 1. The first kappa shape index (κ1) is 17.7. The lowest BCUT2D eigenvalue weighted by molar-refractivity contribution is -0.136. The summed E-state index contributed by atoms with van der Waals surface area (Å²) in [6.07, 6.45) is 9.03. The van der Waals surface area contributed by atoms with E-state index in [4.69, 9.17) is 0 Å². The molecule has 0 spiro atoms. The first-order valence-corrected chi connectivity index (χ1v) is 9.16. The van der Waals surface area contributed by atoms with Crippen molar-refractivity contribution in [2.45, 2.75) is 83.4 Å². The van der Waals surface area contributed by atoms with Crippen LogP contribution < -0.4 is 0 Å². The molecule has 0 heterocycles. The first-order valence-electron chi connectivity index (χ1n) is 9.16. The Kier molecular flexibility index (Phi) is 6.69. The second-order valence-electron chi connectivity index (χ2n) is 7.64. The van der Waals surface area contributed by atoms with Crippen molar-refractivity contribution >= 4 is 5.91 Å². The molecule has 128 valence electrons. The van der Waals surface area contributed by atoms with E-state index < -0.39 is 0 Å². The Morgan fingerprint density at radius 2 is 1.68 bits per heavy atom. The van der Waals surface area contributed by atoms with Crippen LogP contribution in [-0.4, -0.2) is 59.1 Å². The van der Waals surface area contributed by atoms with Crippen LogP contribution in [0.4, 0.5) is 0 Å². The van der Waals surface area contributed by atoms with Gasteiger partial charge in [0, 0.05) is 18.6 Å². The van der Waals surface area contributed by atoms with Crippen molar-refractivity contribution in [1.82, 2.24) is 9.80 Å². The summed E-state index contributed by atoms with van der Waals surface area (Å²) in [7, 11) is 2.02. The normalized spacial score (nSPS) is 26.8. The molecule has 2 unspecified atom stereocenters. The Hall–Kier alpha value is -0.610. The lowest BCUT2D eigenvalue weighted by atomic mass is 9.86. The molecule has 22 heavy (non-hydrogen) atoms. The predicted molar refractivity (Wildman–Crippen MR) is 89.7 cm³/mol. The van der Waals surface area contributed by atoms with E-state index in [-0.39, 0.29) is 18.1 Å². The molecule has 0 aromatic rings. The Labute approximate surface area is 135 Å². The third-order valence-corrected chi connectivity index (χ3v) is 5.38. The molecule has 0 aromatic carbocycles. The van der Waals surface area contributed by atoms with Crippen molar-refractivity contribution in [1.29, 1.82) is 0 Å². The maximum Gasteiger partial charge on any atom is 0.237 e. The predicted octanol–water partition coefficient (Wildman–Crippen LogP) is 2.65. The van der Waals surface area contributed by atoms with E-state index in [0.29, 0.717) is 18.5 Å². The highest BCUT2D eigenvalue weighted by Gasteiger charge is 2.30. The van der Waals surface area contributed by atoms with Crippen LogP contribution in [-0.2, 0) is 4.79 Å². The summed E-state index contributed by atoms with van der Waals surface area (Å²) in [6.45, 7) is 5.57. The number of amides is 1. The summed E-state index contributed by atoms with van der Waals surface area (Å²) >= 11 is 0. The van der Waals surface area contributed by atoms with E-state index in [1.54, 1.807) is 0 Å². The van der Waals surface area contributed by atoms with E-state index >= 15 is 0 Å². The minimum Gasteiger partial charge on any atom is -0.393 e. The van der Waals surface area contributed by atoms with Crippen LogP contribution in [0.25, 0.3) is 0 Å². The van der Waals surface area contributed by atoms with Gasteiger partial charge in [-0.25, -0.2) is 0 Å². The average molecular weight is 310 g/mol. The van der Waals surface area contributed by atoms with Crippen molar-refractivity contribution < 1.29 is 9.90 Å². The Bertz CT molecular complexity index is 353. The van der Waals surface area contributed by atoms with Gasteiger partial charge in [0.25, 0.3) is 0 Å². The second-order valence-corrected chi connectivity index (χ2v) is 7.64. The topological polar surface area (TPSA) is 43.8 Å². The van der Waals surface area contributed by atoms with Gasteiger partial charge in [0.1, 0.15) is 0 Å². The molecule has 0 aliphatic heterocycles. The van der Waals surface area contributed by atoms with Crippen LogP contribution in [0.2, 0.25) is 0 Å². The van der Waals surface area contributed by atoms with Gasteiger partial charge in [-0.3, -0.25) is 9.69 Å². The average Bonchev–Trinajstić information content (AvgIpc) is 2.94. The van der Waals surface area contributed by atoms with Gasteiger partial charge in [0.2, 0.25) is 5.91 Å². The summed E-state index contributed by atoms with van der Waals surface area (Å²) in [5.41, 5.74) is 0. The van der Waals surface area contributed by atoms with Crippen LogP contribution in [0, 0.1) is 5.92 Å². The lowest BCUT2D eigenvalue weighted by Gasteiger charge is -2.35. The van der Waals surface area contributed by atoms with Crippen LogP contribution in [0.3, 0.4) is 0 Å². The zero-order valence-corrected chi connectivity index (χ0v) is 14.6. The Morgan fingerprint density at radius 1 is 1.09 bits per heavy atom. The lowest BCUT2D eigenvalue weighted by Crippen LogP contribution is -2.48. The monoisotopic (exact) mass is 310 g/mol. The standard InChI is InChI=1S/C18H34N2O2/c1-14(2)20(16-9-5-6-10-16)18(22)13-19(3)12-15-8-4-7-11-17(15)21/h14-17,21H,4-13H2,1-3H3. The first-order chi connectivity index (χ1) is 10.5. The maximum atomic E-state index is 12.7. The molecule has 1 amide bonds. The number of nitrogens with zero attached hydrogens (tertiary/aromatic N) is 2. The van der Waals surface area contributed by atoms with Gasteiger partial charge in [-0.05, 0) is 52.5 Å². The van der Waals surface area contributed by atoms with Crippen molar-refractivity contribution in [2.75, 3.05) is 20.1 Å². The molecule has 4 nitrogen and oxygen atoms in total. The van der Waals surface area contributed by atoms with Gasteiger partial charge in [-0.1, -0.05) is 25.7 Å². The molecule has 2 fully saturated rings. The zero-order chi connectivity index (χ0) is 16.1. The Balaban J connectivity index is 1.85. The fraction of sp³-hybridized carbons (Fsp3) is 0.944. The highest BCUT2D eigenvalue weighted by atomic mass is 16.3. The molecule has 2 saturated carbocycles. The van der Waals surface area contributed by atoms with Crippen molar-refractivity contribution in [3.8, 4) is 0 Å². The molecule has 2 rings (SSSR count). The molecule has 0 saturated heterocycles. The second kappa shape index (κ2) is 8.30. The number of carbonyl (C=O) groups excluding carboxylic acids is 1. The molecule has 2 aliphatic rings. The minimum absolute atomic E-state index is 0.178. The van der Waals surface area contributed by atoms with Crippen LogP contribution >= 0.6 is 0 Å². The smallest absolute Gasteiger partial charge is 0.237 e. The molecular weight excluding hydrogens is 276 g/mol. The van der Waals surface area contributed by atoms with Crippen LogP contribution in [0.15, 0.2) is 0 Å². The highest BCUT2D eigenvalue weighted by molar-refractivity contribution is 5.79. The highest BCUT2D eigenvalue weighted by Crippen LogP contribution is 2.26. The summed E-state index contributed by atoms with van der Waals surface area (Å²) in [5, 5.41) is 10.1. The van der Waals surface area contributed by atoms with E-state index in [2.05, 4.69) is 23.6 Å². The summed E-state index contributed by atoms with van der Waals surface area (Å²) in [6, 6.07) is 0.727. The minimum atomic E-state index is -0.178. The molecule has 4 heteroatoms. The van der Waals surface area contributed by atoms with E-state index in [0.717, 1.165) is 38.6 Å². The van der Waals surface area contributed by atoms with Gasteiger partial charge >= 0.3 is 0 Å². The summed E-state index contributed by atoms with van der Waals surface area (Å²) < 4.78 is 0. The number of hydrogen-bond donors (Lipinski definition) is 1. The number of hydrogen-bond acceptors (Lipinski definition) is 3. The quantitative estimate of drug-likeness (QED) is 0.820. The number of carbonyl (C=O) groups is 1. The molecule has 2 aliphatic carbocycles. The number of aliphatic hydroxyl groups excluding tert-OH is 1. The van der Waals surface area contributed by atoms with Crippen LogP contribution in [0.5, 0.6) is 0 Å². The van der Waals surface area contributed by atoms with Gasteiger partial charge in [0.15, 0.2) is 0 Å². The molecular formula is C18H34N2O2. The van der Waals surface area contributed by atoms with Gasteiger partial charge in [-0.2, -0.15) is 0 Å². The molecule has 1 N–H and O–H groups in total. The van der Waals surface area contributed by atoms with E-state index in [1.165, 1.54) is 19.3 Å². The van der Waals surface area contributed by atoms with Gasteiger partial charge < -0.3 is 10.0 Å². The van der Waals surface area contributed by atoms with E-state index in [1.807, 2.05) is 7.05 Å². The molecule has 0 radical (unpaired) electrons. The SMILES string of the molecule is CC(C)N(C(=O)CN(C)CC1CCCCC1O)C1CCCC1. The Morgan fingerprint density at radius 3 is 2.27 bits per heavy atom. The summed E-state index contributed by atoms with van der Waals surface area (Å²) in [5.74, 6) is 0.597. The van der Waals surface area contributed by atoms with Crippen molar-refractivity contribution in [2.24, 2.45) is 5.92 Å². The third-order valence-electron chi connectivity index (χ3n) is 5.38. The number of aliphatic hydroxyl groups is 1. The molecule has 0 aromatic heterocycles. The maximum absolute atomic E-state index is 12.7. The zero-order valence-electron chi connectivity index (χ0n) is 14.6. The third kappa shape index (κ3) is 4.69. The summed E-state index contributed by atoms with van der Waals surface area (Å²) in [4.78, 5) is 17.0. The van der Waals surface area contributed by atoms with Crippen molar-refractivity contribution in [3.05, 3.63) is 0 Å². The fourth-order valence-electron chi connectivity index (χ4n) is 4.27. The molecule has 0 bridgehead atoms. The fourth-order valence-corrected chi connectivity index (χ4v) is 4.27. The van der Waals surface area contributed by atoms with E-state index in [9.17, 15) is 9.90 Å². The molecule has 2 atom stereocenters. The van der Waals surface area contributed by atoms with Crippen LogP contribution in [0.1, 0.15) is 65.2 Å². The van der Waals surface area contributed by atoms with Gasteiger partial charge in [-0.15, -0.1) is 0 Å². The van der Waals surface area contributed by atoms with Crippen molar-refractivity contribution in [3.63, 3.8) is 0 Å². The van der Waals surface area contributed by atoms with Gasteiger partial charge in [0.05, 0.1) is 12.6 Å².